The van der Waals surface area contributed by atoms with Gasteiger partial charge < -0.3 is 16.4 Å². The van der Waals surface area contributed by atoms with Crippen LogP contribution in [-0.4, -0.2) is 34.7 Å². The van der Waals surface area contributed by atoms with E-state index >= 15 is 0 Å². The summed E-state index contributed by atoms with van der Waals surface area (Å²) in [5.74, 6) is 0.346. The molecule has 32 heavy (non-hydrogen) atoms. The Labute approximate surface area is 192 Å². The second-order valence-corrected chi connectivity index (χ2v) is 9.22. The molecule has 11 heteroatoms. The molecule has 5 N–H and O–H groups in total. The van der Waals surface area contributed by atoms with Gasteiger partial charge in [0.1, 0.15) is 21.5 Å². The molecule has 1 fully saturated rings. The Kier molecular flexibility index (Phi) is 6.47. The Balaban J connectivity index is 1.48. The van der Waals surface area contributed by atoms with E-state index in [1.54, 1.807) is 0 Å². The lowest BCUT2D eigenvalue weighted by molar-refractivity contribution is -0.125. The van der Waals surface area contributed by atoms with Gasteiger partial charge in [0.15, 0.2) is 5.13 Å². The monoisotopic (exact) mass is 470 g/mol. The molecule has 1 saturated carbocycles. The maximum absolute atomic E-state index is 12.6. The lowest BCUT2D eigenvalue weighted by Crippen LogP contribution is -2.27. The molecule has 0 saturated heterocycles. The minimum atomic E-state index is -0.371. The highest BCUT2D eigenvalue weighted by Crippen LogP contribution is 2.38. The molecule has 0 aliphatic heterocycles. The van der Waals surface area contributed by atoms with Crippen molar-refractivity contribution >= 4 is 57.0 Å². The first-order valence-corrected chi connectivity index (χ1v) is 11.8. The lowest BCUT2D eigenvalue weighted by Gasteiger charge is -2.20. The molecule has 9 nitrogen and oxygen atoms in total. The van der Waals surface area contributed by atoms with Crippen LogP contribution in [0.25, 0.3) is 21.1 Å². The fourth-order valence-corrected chi connectivity index (χ4v) is 5.22. The van der Waals surface area contributed by atoms with Crippen LogP contribution < -0.4 is 21.7 Å². The van der Waals surface area contributed by atoms with E-state index in [0.29, 0.717) is 52.2 Å². The van der Waals surface area contributed by atoms with Crippen LogP contribution >= 0.6 is 22.7 Å². The molecule has 3 amide bonds. The number of hydrogen-bond donors (Lipinski definition) is 4. The van der Waals surface area contributed by atoms with Crippen molar-refractivity contribution in [3.05, 3.63) is 29.6 Å². The minimum absolute atomic E-state index is 0.0535. The quantitative estimate of drug-likeness (QED) is 0.445. The van der Waals surface area contributed by atoms with Gasteiger partial charge in [-0.3, -0.25) is 14.9 Å². The van der Waals surface area contributed by atoms with Crippen molar-refractivity contribution in [3.8, 4) is 21.1 Å². The number of aromatic nitrogens is 2. The van der Waals surface area contributed by atoms with E-state index in [4.69, 9.17) is 5.73 Å². The van der Waals surface area contributed by atoms with Crippen molar-refractivity contribution in [3.63, 3.8) is 0 Å². The van der Waals surface area contributed by atoms with Crippen LogP contribution in [0.1, 0.15) is 25.7 Å². The summed E-state index contributed by atoms with van der Waals surface area (Å²) in [6, 6.07) is 7.12. The number of carbonyl (C=O) groups excluding carboxylic acids is 3. The van der Waals surface area contributed by atoms with Crippen LogP contribution in [0.4, 0.5) is 21.4 Å². The van der Waals surface area contributed by atoms with E-state index in [2.05, 4.69) is 25.9 Å². The number of Topliss-reactive ketones (excluding diaryl/α,β-unsaturated/α-hetero) is 1. The highest BCUT2D eigenvalue weighted by molar-refractivity contribution is 7.23. The average Bonchev–Trinajstić information content (AvgIpc) is 3.41. The van der Waals surface area contributed by atoms with E-state index in [1.165, 1.54) is 29.7 Å². The fraction of sp³-hybridized carbons (Fsp3) is 0.286. The number of nitrogens with two attached hydrogens (primary N) is 1. The Morgan fingerprint density at radius 3 is 2.69 bits per heavy atom. The molecular weight excluding hydrogens is 448 g/mol. The molecule has 3 aromatic rings. The third-order valence-corrected chi connectivity index (χ3v) is 7.12. The summed E-state index contributed by atoms with van der Waals surface area (Å²) >= 11 is 2.68. The van der Waals surface area contributed by atoms with E-state index in [-0.39, 0.29) is 23.6 Å². The van der Waals surface area contributed by atoms with Crippen LogP contribution in [0.3, 0.4) is 0 Å². The molecule has 0 bridgehead atoms. The number of nitrogens with zero attached hydrogens (tertiary/aromatic N) is 2. The first kappa shape index (κ1) is 21.9. The van der Waals surface area contributed by atoms with Gasteiger partial charge in [-0.2, -0.15) is 0 Å². The number of anilines is 3. The molecule has 0 spiro atoms. The molecule has 2 heterocycles. The Morgan fingerprint density at radius 2 is 1.94 bits per heavy atom. The number of carbonyl (C=O) groups is 3. The van der Waals surface area contributed by atoms with E-state index in [9.17, 15) is 14.4 Å². The van der Waals surface area contributed by atoms with Gasteiger partial charge in [-0.15, -0.1) is 11.3 Å². The molecule has 166 valence electrons. The van der Waals surface area contributed by atoms with E-state index < -0.39 is 0 Å². The van der Waals surface area contributed by atoms with Crippen LogP contribution in [0.15, 0.2) is 29.6 Å². The van der Waals surface area contributed by atoms with Crippen molar-refractivity contribution in [1.82, 2.24) is 15.3 Å². The van der Waals surface area contributed by atoms with Gasteiger partial charge in [-0.1, -0.05) is 23.5 Å². The first-order valence-electron chi connectivity index (χ1n) is 10.1. The van der Waals surface area contributed by atoms with Crippen molar-refractivity contribution < 1.29 is 14.4 Å². The second kappa shape index (κ2) is 9.45. The Bertz CT molecular complexity index is 1160. The number of urea groups is 1. The first-order chi connectivity index (χ1) is 15.4. The highest BCUT2D eigenvalue weighted by Gasteiger charge is 2.25. The van der Waals surface area contributed by atoms with Crippen LogP contribution in [-0.2, 0) is 9.59 Å². The van der Waals surface area contributed by atoms with Gasteiger partial charge in [0, 0.05) is 42.4 Å². The average molecular weight is 471 g/mol. The number of amides is 3. The fourth-order valence-electron chi connectivity index (χ4n) is 3.41. The van der Waals surface area contributed by atoms with Crippen molar-refractivity contribution in [1.29, 1.82) is 0 Å². The molecule has 0 radical (unpaired) electrons. The zero-order valence-electron chi connectivity index (χ0n) is 17.3. The van der Waals surface area contributed by atoms with Gasteiger partial charge in [0.05, 0.1) is 5.69 Å². The Morgan fingerprint density at radius 1 is 1.16 bits per heavy atom. The third-order valence-electron chi connectivity index (χ3n) is 5.14. The standard InChI is InChI=1S/C21H22N6O3S2/c1-23-20(30)27-21-26-17(22)16(32-21)19-25-15(10-31-19)12-3-2-4-13(9-12)24-18(29)11-5-7-14(28)8-6-11/h2-4,9-11H,5-8,22H2,1H3,(H,24,29)(H2,23,26,27,30). The molecule has 2 aromatic heterocycles. The third kappa shape index (κ3) is 4.94. The summed E-state index contributed by atoms with van der Waals surface area (Å²) in [5.41, 5.74) is 8.32. The molecule has 0 atom stereocenters. The molecule has 4 rings (SSSR count). The van der Waals surface area contributed by atoms with E-state index in [1.807, 2.05) is 29.6 Å². The van der Waals surface area contributed by atoms with Crippen molar-refractivity contribution in [2.75, 3.05) is 23.4 Å². The lowest BCUT2D eigenvalue weighted by atomic mass is 9.88. The number of nitrogen functional groups attached to an aromatic ring is 1. The molecular formula is C21H22N6O3S2. The number of rotatable bonds is 5. The van der Waals surface area contributed by atoms with Crippen LogP contribution in [0.5, 0.6) is 0 Å². The zero-order valence-corrected chi connectivity index (χ0v) is 18.9. The van der Waals surface area contributed by atoms with Gasteiger partial charge in [0.25, 0.3) is 0 Å². The number of hydrogen-bond acceptors (Lipinski definition) is 8. The van der Waals surface area contributed by atoms with Gasteiger partial charge in [-0.05, 0) is 25.0 Å². The van der Waals surface area contributed by atoms with Crippen LogP contribution in [0.2, 0.25) is 0 Å². The molecule has 1 aromatic carbocycles. The number of ketones is 1. The summed E-state index contributed by atoms with van der Waals surface area (Å²) in [6.07, 6.45) is 2.15. The predicted molar refractivity (Wildman–Crippen MR) is 127 cm³/mol. The minimum Gasteiger partial charge on any atom is -0.382 e. The van der Waals surface area contributed by atoms with E-state index in [0.717, 1.165) is 11.3 Å². The van der Waals surface area contributed by atoms with Crippen LogP contribution in [0, 0.1) is 5.92 Å². The number of thiazole rings is 2. The second-order valence-electron chi connectivity index (χ2n) is 7.36. The number of nitrogens with one attached hydrogen (secondary N) is 3. The van der Waals surface area contributed by atoms with Gasteiger partial charge >= 0.3 is 6.03 Å². The summed E-state index contributed by atoms with van der Waals surface area (Å²) in [5, 5.41) is 11.0. The Hall–Kier alpha value is -3.31. The molecule has 1 aliphatic carbocycles. The zero-order chi connectivity index (χ0) is 22.7. The van der Waals surface area contributed by atoms with Crippen molar-refractivity contribution in [2.45, 2.75) is 25.7 Å². The normalized spacial score (nSPS) is 14.2. The predicted octanol–water partition coefficient (Wildman–Crippen LogP) is 3.96. The van der Waals surface area contributed by atoms with Crippen molar-refractivity contribution in [2.24, 2.45) is 5.92 Å². The van der Waals surface area contributed by atoms with Gasteiger partial charge in [0.2, 0.25) is 5.91 Å². The SMILES string of the molecule is CNC(=O)Nc1nc(N)c(-c2nc(-c3cccc(NC(=O)C4CCC(=O)CC4)c3)cs2)s1. The van der Waals surface area contributed by atoms with Gasteiger partial charge in [-0.25, -0.2) is 14.8 Å². The molecule has 1 aliphatic rings. The summed E-state index contributed by atoms with van der Waals surface area (Å²) < 4.78 is 0. The largest absolute Gasteiger partial charge is 0.382 e. The summed E-state index contributed by atoms with van der Waals surface area (Å²) in [7, 11) is 1.52. The highest BCUT2D eigenvalue weighted by atomic mass is 32.1. The maximum Gasteiger partial charge on any atom is 0.320 e. The summed E-state index contributed by atoms with van der Waals surface area (Å²) in [6.45, 7) is 0. The topological polar surface area (TPSA) is 139 Å². The smallest absolute Gasteiger partial charge is 0.320 e. The number of benzene rings is 1. The summed E-state index contributed by atoms with van der Waals surface area (Å²) in [4.78, 5) is 45.0. The molecule has 0 unspecified atom stereocenters. The maximum atomic E-state index is 12.6.